The predicted molar refractivity (Wildman–Crippen MR) is 133 cm³/mol. The molecule has 1 atom stereocenters. The molecule has 35 heavy (non-hydrogen) atoms. The molecule has 0 spiro atoms. The van der Waals surface area contributed by atoms with Crippen LogP contribution in [0.1, 0.15) is 29.9 Å². The van der Waals surface area contributed by atoms with Crippen molar-refractivity contribution in [2.24, 2.45) is 0 Å². The molecule has 0 amide bonds. The van der Waals surface area contributed by atoms with Gasteiger partial charge in [-0.2, -0.15) is 13.2 Å². The molecule has 1 aromatic heterocycles. The number of anilines is 2. The molecule has 1 saturated heterocycles. The Morgan fingerprint density at radius 1 is 1.14 bits per heavy atom. The van der Waals surface area contributed by atoms with Gasteiger partial charge in [0.2, 0.25) is 0 Å². The van der Waals surface area contributed by atoms with Gasteiger partial charge in [0.05, 0.1) is 29.5 Å². The summed E-state index contributed by atoms with van der Waals surface area (Å²) in [5, 5.41) is 4.50. The molecular formula is C24H29F3N5O2P. The third-order valence-corrected chi connectivity index (χ3v) is 9.46. The molecule has 1 aliphatic rings. The number of nitrogen functional groups attached to an aromatic ring is 1. The number of fused-ring (bicyclic) bond motifs is 1. The molecule has 3 N–H and O–H groups in total. The van der Waals surface area contributed by atoms with E-state index in [1.807, 2.05) is 13.1 Å². The minimum atomic E-state index is -4.51. The first-order valence-corrected chi connectivity index (χ1v) is 13.3. The van der Waals surface area contributed by atoms with Crippen molar-refractivity contribution in [2.45, 2.75) is 26.1 Å². The first-order valence-electron chi connectivity index (χ1n) is 11.3. The number of hydrogen-bond donors (Lipinski definition) is 2. The summed E-state index contributed by atoms with van der Waals surface area (Å²) < 4.78 is 59.4. The summed E-state index contributed by atoms with van der Waals surface area (Å²) in [5.74, 6) is 1.45. The van der Waals surface area contributed by atoms with E-state index < -0.39 is 24.9 Å². The molecule has 3 aromatic rings. The van der Waals surface area contributed by atoms with Gasteiger partial charge >= 0.3 is 6.18 Å². The fourth-order valence-corrected chi connectivity index (χ4v) is 7.32. The quantitative estimate of drug-likeness (QED) is 0.384. The number of hydrogen-bond acceptors (Lipinski definition) is 7. The van der Waals surface area contributed by atoms with Crippen molar-refractivity contribution in [3.05, 3.63) is 47.3 Å². The summed E-state index contributed by atoms with van der Waals surface area (Å²) in [7, 11) is 0.835. The number of aryl methyl sites for hydroxylation is 1. The summed E-state index contributed by atoms with van der Waals surface area (Å²) in [4.78, 5) is 11.2. The Hall–Kier alpha value is -2.84. The molecule has 0 saturated carbocycles. The second kappa shape index (κ2) is 9.32. The van der Waals surface area contributed by atoms with Gasteiger partial charge in [-0.1, -0.05) is 0 Å². The van der Waals surface area contributed by atoms with Gasteiger partial charge in [-0.3, -0.25) is 0 Å². The number of benzene rings is 2. The summed E-state index contributed by atoms with van der Waals surface area (Å²) in [5.41, 5.74) is 5.95. The standard InChI is InChI=1S/C24H29F3N5O2P/c1-14(16-9-17(24(25,26)27)11-18(28)10-16)29-23-19-12-22(35(33)7-5-32(3)6-8-35)21(34-4)13-20(19)30-15(2)31-23/h9-14H,5-8,28H2,1-4H3,(H,29,30,31)/t14-/m1/s1. The van der Waals surface area contributed by atoms with Crippen LogP contribution in [-0.4, -0.2) is 54.4 Å². The third-order valence-electron chi connectivity index (χ3n) is 6.39. The molecule has 0 radical (unpaired) electrons. The van der Waals surface area contributed by atoms with Crippen molar-refractivity contribution in [3.63, 3.8) is 0 Å². The highest BCUT2D eigenvalue weighted by Gasteiger charge is 2.33. The molecule has 1 fully saturated rings. The van der Waals surface area contributed by atoms with Gasteiger partial charge in [-0.25, -0.2) is 9.97 Å². The van der Waals surface area contributed by atoms with Crippen molar-refractivity contribution >= 4 is 34.9 Å². The molecule has 2 heterocycles. The normalized spacial score (nSPS) is 17.3. The van der Waals surface area contributed by atoms with Gasteiger partial charge in [0.15, 0.2) is 0 Å². The smallest absolute Gasteiger partial charge is 0.416 e. The number of methoxy groups -OCH3 is 1. The van der Waals surface area contributed by atoms with Crippen molar-refractivity contribution in [2.75, 3.05) is 50.6 Å². The van der Waals surface area contributed by atoms with Gasteiger partial charge in [-0.05, 0) is 50.7 Å². The fourth-order valence-electron chi connectivity index (χ4n) is 4.36. The topological polar surface area (TPSA) is 93.4 Å². The lowest BCUT2D eigenvalue weighted by Crippen LogP contribution is -2.34. The van der Waals surface area contributed by atoms with Crippen molar-refractivity contribution < 1.29 is 22.5 Å². The highest BCUT2D eigenvalue weighted by molar-refractivity contribution is 7.72. The minimum absolute atomic E-state index is 0.0274. The number of rotatable bonds is 5. The van der Waals surface area contributed by atoms with Crippen LogP contribution in [0.5, 0.6) is 5.75 Å². The summed E-state index contributed by atoms with van der Waals surface area (Å²) in [6.07, 6.45) is -3.42. The molecule has 2 aromatic carbocycles. The van der Waals surface area contributed by atoms with Crippen LogP contribution in [0.15, 0.2) is 30.3 Å². The maximum absolute atomic E-state index is 13.9. The van der Waals surface area contributed by atoms with Crippen LogP contribution in [0, 0.1) is 6.92 Å². The molecule has 0 bridgehead atoms. The zero-order valence-electron chi connectivity index (χ0n) is 20.1. The SMILES string of the molecule is COc1cc2nc(C)nc(N[C@H](C)c3cc(N)cc(C(F)(F)F)c3)c2cc1P1(=O)CCN(C)CC1. The highest BCUT2D eigenvalue weighted by Crippen LogP contribution is 2.49. The Morgan fingerprint density at radius 3 is 2.46 bits per heavy atom. The molecule has 7 nitrogen and oxygen atoms in total. The van der Waals surface area contributed by atoms with E-state index in [9.17, 15) is 17.7 Å². The number of nitrogens with zero attached hydrogens (tertiary/aromatic N) is 3. The van der Waals surface area contributed by atoms with Crippen LogP contribution < -0.4 is 21.1 Å². The maximum atomic E-state index is 13.9. The van der Waals surface area contributed by atoms with Crippen molar-refractivity contribution in [1.82, 2.24) is 14.9 Å². The Labute approximate surface area is 202 Å². The number of alkyl halides is 3. The minimum Gasteiger partial charge on any atom is -0.496 e. The van der Waals surface area contributed by atoms with Gasteiger partial charge in [0.1, 0.15) is 24.5 Å². The zero-order valence-corrected chi connectivity index (χ0v) is 21.0. The average molecular weight is 507 g/mol. The summed E-state index contributed by atoms with van der Waals surface area (Å²) in [6.45, 7) is 4.92. The number of ether oxygens (including phenoxy) is 1. The molecule has 0 unspecified atom stereocenters. The molecule has 1 aliphatic heterocycles. The van der Waals surface area contributed by atoms with Crippen molar-refractivity contribution in [1.29, 1.82) is 0 Å². The van der Waals surface area contributed by atoms with Crippen LogP contribution in [0.2, 0.25) is 0 Å². The Bertz CT molecular complexity index is 1300. The van der Waals surface area contributed by atoms with Crippen molar-refractivity contribution in [3.8, 4) is 5.75 Å². The van der Waals surface area contributed by atoms with E-state index in [1.54, 1.807) is 27.0 Å². The van der Waals surface area contributed by atoms with E-state index in [-0.39, 0.29) is 5.69 Å². The lowest BCUT2D eigenvalue weighted by molar-refractivity contribution is -0.137. The molecular weight excluding hydrogens is 478 g/mol. The largest absolute Gasteiger partial charge is 0.496 e. The zero-order chi connectivity index (χ0) is 25.5. The summed E-state index contributed by atoms with van der Waals surface area (Å²) in [6, 6.07) is 6.54. The lowest BCUT2D eigenvalue weighted by Gasteiger charge is -2.30. The highest BCUT2D eigenvalue weighted by atomic mass is 31.2. The second-order valence-corrected chi connectivity index (χ2v) is 12.2. The number of halogens is 3. The van der Waals surface area contributed by atoms with E-state index >= 15 is 0 Å². The third kappa shape index (κ3) is 5.23. The summed E-state index contributed by atoms with van der Waals surface area (Å²) >= 11 is 0. The monoisotopic (exact) mass is 507 g/mol. The number of nitrogens with one attached hydrogen (secondary N) is 1. The second-order valence-electron chi connectivity index (χ2n) is 9.05. The Balaban J connectivity index is 1.78. The van der Waals surface area contributed by atoms with Crippen LogP contribution >= 0.6 is 7.14 Å². The van der Waals surface area contributed by atoms with Crippen LogP contribution in [0.25, 0.3) is 10.9 Å². The molecule has 4 rings (SSSR count). The van der Waals surface area contributed by atoms with E-state index in [1.165, 1.54) is 6.07 Å². The molecule has 0 aliphatic carbocycles. The first-order chi connectivity index (χ1) is 16.4. The first kappa shape index (κ1) is 25.3. The molecule has 11 heteroatoms. The Kier molecular flexibility index (Phi) is 6.72. The van der Waals surface area contributed by atoms with Crippen LogP contribution in [0.4, 0.5) is 24.7 Å². The van der Waals surface area contributed by atoms with Gasteiger partial charge < -0.3 is 25.3 Å². The Morgan fingerprint density at radius 2 is 1.83 bits per heavy atom. The van der Waals surface area contributed by atoms with E-state index in [4.69, 9.17) is 10.5 Å². The number of aromatic nitrogens is 2. The van der Waals surface area contributed by atoms with Gasteiger partial charge in [-0.15, -0.1) is 0 Å². The van der Waals surface area contributed by atoms with Crippen LogP contribution in [0.3, 0.4) is 0 Å². The lowest BCUT2D eigenvalue weighted by atomic mass is 10.0. The maximum Gasteiger partial charge on any atom is 0.416 e. The average Bonchev–Trinajstić information content (AvgIpc) is 2.79. The molecule has 188 valence electrons. The van der Waals surface area contributed by atoms with E-state index in [0.29, 0.717) is 51.5 Å². The number of nitrogens with two attached hydrogens (primary N) is 1. The van der Waals surface area contributed by atoms with Gasteiger partial charge in [0, 0.05) is 42.6 Å². The predicted octanol–water partition coefficient (Wildman–Crippen LogP) is 4.65. The van der Waals surface area contributed by atoms with E-state index in [0.717, 1.165) is 25.2 Å². The fraction of sp³-hybridized carbons (Fsp3) is 0.417. The van der Waals surface area contributed by atoms with E-state index in [2.05, 4.69) is 20.2 Å². The van der Waals surface area contributed by atoms with Gasteiger partial charge in [0.25, 0.3) is 0 Å². The van der Waals surface area contributed by atoms with Crippen LogP contribution in [-0.2, 0) is 10.7 Å².